The van der Waals surface area contributed by atoms with Crippen molar-refractivity contribution in [2.24, 2.45) is 0 Å². The summed E-state index contributed by atoms with van der Waals surface area (Å²) in [7, 11) is 0. The van der Waals surface area contributed by atoms with Gasteiger partial charge in [-0.3, -0.25) is 0 Å². The zero-order valence-corrected chi connectivity index (χ0v) is 13.3. The fraction of sp³-hybridized carbons (Fsp3) is 0.133. The van der Waals surface area contributed by atoms with Crippen LogP contribution in [0.2, 0.25) is 5.02 Å². The summed E-state index contributed by atoms with van der Waals surface area (Å²) in [5.74, 6) is -5.17. The highest BCUT2D eigenvalue weighted by atomic mass is 35.5. The van der Waals surface area contributed by atoms with E-state index in [0.29, 0.717) is 18.3 Å². The van der Waals surface area contributed by atoms with Crippen LogP contribution in [0.4, 0.5) is 26.3 Å². The zero-order valence-electron chi connectivity index (χ0n) is 12.5. The standard InChI is InChI=1S/C15H7ClF6N4/c16-8-3-23-12(24-4-8)6-26-5-11(15(20,21)22)25-14(26)7-1-9(17)13(19)10(18)2-7/h1-5H,6H2. The largest absolute Gasteiger partial charge is 0.434 e. The van der Waals surface area contributed by atoms with Crippen molar-refractivity contribution in [1.82, 2.24) is 19.5 Å². The second-order valence-electron chi connectivity index (χ2n) is 5.15. The predicted octanol–water partition coefficient (Wildman–Crippen LogP) is 4.48. The molecule has 0 aliphatic carbocycles. The van der Waals surface area contributed by atoms with E-state index in [4.69, 9.17) is 11.6 Å². The van der Waals surface area contributed by atoms with E-state index in [1.54, 1.807) is 0 Å². The molecule has 0 saturated heterocycles. The first kappa shape index (κ1) is 18.2. The number of imidazole rings is 1. The van der Waals surface area contributed by atoms with Crippen molar-refractivity contribution in [1.29, 1.82) is 0 Å². The summed E-state index contributed by atoms with van der Waals surface area (Å²) < 4.78 is 79.9. The van der Waals surface area contributed by atoms with Gasteiger partial charge in [-0.15, -0.1) is 0 Å². The highest BCUT2D eigenvalue weighted by Gasteiger charge is 2.35. The third kappa shape index (κ3) is 3.64. The molecule has 0 radical (unpaired) electrons. The lowest BCUT2D eigenvalue weighted by Crippen LogP contribution is -2.06. The van der Waals surface area contributed by atoms with E-state index in [-0.39, 0.29) is 23.0 Å². The lowest BCUT2D eigenvalue weighted by molar-refractivity contribution is -0.140. The average molecular weight is 393 g/mol. The minimum Gasteiger partial charge on any atom is -0.323 e. The Bertz CT molecular complexity index is 929. The first-order valence-corrected chi connectivity index (χ1v) is 7.28. The van der Waals surface area contributed by atoms with Crippen molar-refractivity contribution in [2.75, 3.05) is 0 Å². The maximum atomic E-state index is 13.5. The Hall–Kier alpha value is -2.62. The minimum atomic E-state index is -4.79. The van der Waals surface area contributed by atoms with Crippen LogP contribution >= 0.6 is 11.6 Å². The van der Waals surface area contributed by atoms with Gasteiger partial charge in [-0.25, -0.2) is 28.1 Å². The smallest absolute Gasteiger partial charge is 0.323 e. The zero-order chi connectivity index (χ0) is 19.1. The number of hydrogen-bond acceptors (Lipinski definition) is 3. The fourth-order valence-corrected chi connectivity index (χ4v) is 2.26. The molecule has 3 rings (SSSR count). The van der Waals surface area contributed by atoms with Crippen molar-refractivity contribution in [3.8, 4) is 11.4 Å². The molecule has 0 fully saturated rings. The van der Waals surface area contributed by atoms with Crippen molar-refractivity contribution >= 4 is 11.6 Å². The van der Waals surface area contributed by atoms with Crippen molar-refractivity contribution in [3.63, 3.8) is 0 Å². The van der Waals surface area contributed by atoms with Crippen molar-refractivity contribution in [3.05, 3.63) is 64.7 Å². The molecule has 0 unspecified atom stereocenters. The normalized spacial score (nSPS) is 11.8. The fourth-order valence-electron chi connectivity index (χ4n) is 2.16. The summed E-state index contributed by atoms with van der Waals surface area (Å²) >= 11 is 5.64. The van der Waals surface area contributed by atoms with E-state index < -0.39 is 35.1 Å². The maximum Gasteiger partial charge on any atom is 0.434 e. The highest BCUT2D eigenvalue weighted by molar-refractivity contribution is 6.30. The second kappa shape index (κ2) is 6.60. The molecule has 0 amide bonds. The van der Waals surface area contributed by atoms with Crippen LogP contribution in [-0.4, -0.2) is 19.5 Å². The molecule has 0 spiro atoms. The number of hydrogen-bond donors (Lipinski definition) is 0. The molecule has 3 aromatic rings. The van der Waals surface area contributed by atoms with E-state index in [2.05, 4.69) is 15.0 Å². The molecule has 0 atom stereocenters. The van der Waals surface area contributed by atoms with Gasteiger partial charge in [0.05, 0.1) is 11.6 Å². The van der Waals surface area contributed by atoms with Gasteiger partial charge >= 0.3 is 6.18 Å². The van der Waals surface area contributed by atoms with Gasteiger partial charge in [-0.05, 0) is 12.1 Å². The molecule has 11 heteroatoms. The number of halogens is 7. The van der Waals surface area contributed by atoms with E-state index in [0.717, 1.165) is 4.57 Å². The van der Waals surface area contributed by atoms with Crippen LogP contribution in [0, 0.1) is 17.5 Å². The third-order valence-electron chi connectivity index (χ3n) is 3.29. The molecule has 0 aliphatic rings. The molecule has 0 aliphatic heterocycles. The summed E-state index contributed by atoms with van der Waals surface area (Å²) in [6, 6.07) is 1.11. The van der Waals surface area contributed by atoms with Crippen LogP contribution in [0.25, 0.3) is 11.4 Å². The van der Waals surface area contributed by atoms with Crippen LogP contribution in [0.5, 0.6) is 0 Å². The van der Waals surface area contributed by atoms with Gasteiger partial charge in [0.15, 0.2) is 23.1 Å². The van der Waals surface area contributed by atoms with Crippen LogP contribution in [0.15, 0.2) is 30.7 Å². The first-order chi connectivity index (χ1) is 12.1. The first-order valence-electron chi connectivity index (χ1n) is 6.91. The lowest BCUT2D eigenvalue weighted by atomic mass is 10.2. The summed E-state index contributed by atoms with van der Waals surface area (Å²) in [5, 5.41) is 0.221. The Labute approximate surface area is 147 Å². The van der Waals surface area contributed by atoms with Crippen LogP contribution in [-0.2, 0) is 12.7 Å². The number of benzene rings is 1. The predicted molar refractivity (Wildman–Crippen MR) is 78.7 cm³/mol. The Balaban J connectivity index is 2.11. The number of aromatic nitrogens is 4. The quantitative estimate of drug-likeness (QED) is 0.487. The van der Waals surface area contributed by atoms with Crippen LogP contribution in [0.1, 0.15) is 11.5 Å². The van der Waals surface area contributed by atoms with Crippen molar-refractivity contribution < 1.29 is 26.3 Å². The Morgan fingerprint density at radius 3 is 2.12 bits per heavy atom. The maximum absolute atomic E-state index is 13.5. The molecule has 136 valence electrons. The SMILES string of the molecule is Fc1cc(-c2nc(C(F)(F)F)cn2Cc2ncc(Cl)cn2)cc(F)c1F. The summed E-state index contributed by atoms with van der Waals surface area (Å²) in [5.41, 5.74) is -1.66. The molecule has 26 heavy (non-hydrogen) atoms. The number of alkyl halides is 3. The van der Waals surface area contributed by atoms with Gasteiger partial charge in [-0.1, -0.05) is 11.6 Å². The number of rotatable bonds is 3. The van der Waals surface area contributed by atoms with E-state index in [9.17, 15) is 26.3 Å². The van der Waals surface area contributed by atoms with Gasteiger partial charge in [0.1, 0.15) is 11.6 Å². The Morgan fingerprint density at radius 2 is 1.58 bits per heavy atom. The van der Waals surface area contributed by atoms with E-state index in [1.165, 1.54) is 12.4 Å². The average Bonchev–Trinajstić information content (AvgIpc) is 2.98. The minimum absolute atomic E-state index is 0.0878. The molecule has 2 heterocycles. The number of nitrogens with zero attached hydrogens (tertiary/aromatic N) is 4. The topological polar surface area (TPSA) is 43.6 Å². The molecule has 4 nitrogen and oxygen atoms in total. The van der Waals surface area contributed by atoms with Gasteiger partial charge < -0.3 is 4.57 Å². The van der Waals surface area contributed by atoms with E-state index in [1.807, 2.05) is 0 Å². The molecular formula is C15H7ClF6N4. The Kier molecular flexibility index (Phi) is 4.61. The summed E-state index contributed by atoms with van der Waals surface area (Å²) in [6.45, 7) is -0.282. The molecule has 0 N–H and O–H groups in total. The van der Waals surface area contributed by atoms with Gasteiger partial charge in [0.2, 0.25) is 0 Å². The van der Waals surface area contributed by atoms with Gasteiger partial charge in [-0.2, -0.15) is 13.2 Å². The van der Waals surface area contributed by atoms with E-state index >= 15 is 0 Å². The van der Waals surface area contributed by atoms with Crippen molar-refractivity contribution in [2.45, 2.75) is 12.7 Å². The highest BCUT2D eigenvalue weighted by Crippen LogP contribution is 2.32. The second-order valence-corrected chi connectivity index (χ2v) is 5.58. The van der Waals surface area contributed by atoms with Gasteiger partial charge in [0, 0.05) is 24.2 Å². The molecule has 0 saturated carbocycles. The van der Waals surface area contributed by atoms with Crippen LogP contribution < -0.4 is 0 Å². The summed E-state index contributed by atoms with van der Waals surface area (Å²) in [6.07, 6.45) is -1.67. The third-order valence-corrected chi connectivity index (χ3v) is 3.49. The monoisotopic (exact) mass is 392 g/mol. The molecule has 0 bridgehead atoms. The van der Waals surface area contributed by atoms with Crippen LogP contribution in [0.3, 0.4) is 0 Å². The van der Waals surface area contributed by atoms with Gasteiger partial charge in [0.25, 0.3) is 0 Å². The molecule has 2 aromatic heterocycles. The molecule has 1 aromatic carbocycles. The Morgan fingerprint density at radius 1 is 1.00 bits per heavy atom. The molecular weight excluding hydrogens is 386 g/mol. The summed E-state index contributed by atoms with van der Waals surface area (Å²) in [4.78, 5) is 11.1. The lowest BCUT2D eigenvalue weighted by Gasteiger charge is -2.08.